The molecule has 0 aliphatic carbocycles. The van der Waals surface area contributed by atoms with Crippen molar-refractivity contribution in [3.8, 4) is 0 Å². The van der Waals surface area contributed by atoms with E-state index in [1.807, 2.05) is 36.4 Å². The zero-order valence-corrected chi connectivity index (χ0v) is 15.1. The van der Waals surface area contributed by atoms with Gasteiger partial charge in [-0.05, 0) is 24.5 Å². The molecule has 0 aromatic heterocycles. The van der Waals surface area contributed by atoms with E-state index in [0.29, 0.717) is 24.7 Å². The Balaban J connectivity index is 1.67. The lowest BCUT2D eigenvalue weighted by Gasteiger charge is -2.29. The minimum absolute atomic E-state index is 0.270. The molecule has 0 amide bonds. The molecule has 1 aliphatic rings. The highest BCUT2D eigenvalue weighted by Gasteiger charge is 2.24. The Hall–Kier alpha value is -2.01. The fourth-order valence-corrected chi connectivity index (χ4v) is 3.21. The topological polar surface area (TPSA) is 27.7 Å². The number of rotatable bonds is 7. The van der Waals surface area contributed by atoms with Crippen LogP contribution in [0.4, 0.5) is 4.39 Å². The standard InChI is InChI=1S/C22H25FO3/c1-3-4-7-16-14-25-22(26-15-16)18-12-10-17(11-13-18)21(24-2)19-8-5-6-9-20(19)23/h3,5-6,8-13,16,21-22H,1,4,7,14-15H2,2H3. The molecule has 0 N–H and O–H groups in total. The summed E-state index contributed by atoms with van der Waals surface area (Å²) in [5.74, 6) is 0.149. The van der Waals surface area contributed by atoms with Crippen molar-refractivity contribution in [3.63, 3.8) is 0 Å². The monoisotopic (exact) mass is 356 g/mol. The Bertz CT molecular complexity index is 706. The smallest absolute Gasteiger partial charge is 0.183 e. The molecule has 1 fully saturated rings. The zero-order valence-electron chi connectivity index (χ0n) is 15.1. The van der Waals surface area contributed by atoms with E-state index in [9.17, 15) is 4.39 Å². The highest BCUT2D eigenvalue weighted by atomic mass is 19.1. The summed E-state index contributed by atoms with van der Waals surface area (Å²) < 4.78 is 31.3. The zero-order chi connectivity index (χ0) is 18.4. The van der Waals surface area contributed by atoms with Crippen LogP contribution in [-0.4, -0.2) is 20.3 Å². The molecule has 1 atom stereocenters. The first kappa shape index (κ1) is 18.8. The number of hydrogen-bond donors (Lipinski definition) is 0. The van der Waals surface area contributed by atoms with E-state index in [0.717, 1.165) is 24.0 Å². The molecule has 138 valence electrons. The maximum Gasteiger partial charge on any atom is 0.183 e. The number of hydrogen-bond acceptors (Lipinski definition) is 3. The fourth-order valence-electron chi connectivity index (χ4n) is 3.21. The van der Waals surface area contributed by atoms with Crippen molar-refractivity contribution in [2.24, 2.45) is 5.92 Å². The van der Waals surface area contributed by atoms with E-state index >= 15 is 0 Å². The van der Waals surface area contributed by atoms with Gasteiger partial charge in [-0.2, -0.15) is 0 Å². The van der Waals surface area contributed by atoms with E-state index in [4.69, 9.17) is 14.2 Å². The number of benzene rings is 2. The summed E-state index contributed by atoms with van der Waals surface area (Å²) in [6.45, 7) is 5.13. The van der Waals surface area contributed by atoms with Gasteiger partial charge in [0.25, 0.3) is 0 Å². The average Bonchev–Trinajstić information content (AvgIpc) is 2.69. The van der Waals surface area contributed by atoms with Crippen LogP contribution in [0.1, 0.15) is 41.9 Å². The summed E-state index contributed by atoms with van der Waals surface area (Å²) in [5.41, 5.74) is 2.37. The molecular formula is C22H25FO3. The molecule has 0 spiro atoms. The van der Waals surface area contributed by atoms with E-state index in [1.54, 1.807) is 19.2 Å². The molecule has 3 nitrogen and oxygen atoms in total. The third-order valence-electron chi connectivity index (χ3n) is 4.68. The van der Waals surface area contributed by atoms with Gasteiger partial charge in [0, 0.05) is 24.2 Å². The molecule has 1 unspecified atom stereocenters. The third-order valence-corrected chi connectivity index (χ3v) is 4.68. The Labute approximate surface area is 154 Å². The molecule has 3 rings (SSSR count). The predicted octanol–water partition coefficient (Wildman–Crippen LogP) is 5.19. The number of ether oxygens (including phenoxy) is 3. The van der Waals surface area contributed by atoms with Crippen LogP contribution in [0, 0.1) is 11.7 Å². The van der Waals surface area contributed by atoms with Gasteiger partial charge in [0.1, 0.15) is 11.9 Å². The predicted molar refractivity (Wildman–Crippen MR) is 99.3 cm³/mol. The van der Waals surface area contributed by atoms with Crippen molar-refractivity contribution >= 4 is 0 Å². The van der Waals surface area contributed by atoms with Crippen molar-refractivity contribution in [1.82, 2.24) is 0 Å². The lowest BCUT2D eigenvalue weighted by atomic mass is 9.99. The van der Waals surface area contributed by atoms with E-state index < -0.39 is 6.10 Å². The van der Waals surface area contributed by atoms with Crippen molar-refractivity contribution in [2.75, 3.05) is 20.3 Å². The number of methoxy groups -OCH3 is 1. The first-order chi connectivity index (χ1) is 12.7. The third kappa shape index (κ3) is 4.39. The minimum atomic E-state index is -0.443. The molecular weight excluding hydrogens is 331 g/mol. The summed E-state index contributed by atoms with van der Waals surface area (Å²) in [6, 6.07) is 14.5. The van der Waals surface area contributed by atoms with Crippen LogP contribution in [0.5, 0.6) is 0 Å². The molecule has 26 heavy (non-hydrogen) atoms. The van der Waals surface area contributed by atoms with Crippen LogP contribution >= 0.6 is 0 Å². The Morgan fingerprint density at radius 2 is 1.85 bits per heavy atom. The lowest BCUT2D eigenvalue weighted by Crippen LogP contribution is -2.27. The maximum absolute atomic E-state index is 14.1. The van der Waals surface area contributed by atoms with Gasteiger partial charge in [0.15, 0.2) is 6.29 Å². The molecule has 1 saturated heterocycles. The van der Waals surface area contributed by atoms with Gasteiger partial charge in [-0.1, -0.05) is 48.5 Å². The van der Waals surface area contributed by atoms with Crippen LogP contribution in [-0.2, 0) is 14.2 Å². The van der Waals surface area contributed by atoms with E-state index in [2.05, 4.69) is 6.58 Å². The van der Waals surface area contributed by atoms with Crippen molar-refractivity contribution < 1.29 is 18.6 Å². The van der Waals surface area contributed by atoms with Crippen LogP contribution in [0.25, 0.3) is 0 Å². The SMILES string of the molecule is C=CCCC1COC(c2ccc(C(OC)c3ccccc3F)cc2)OC1. The number of allylic oxidation sites excluding steroid dienone is 1. The first-order valence-corrected chi connectivity index (χ1v) is 8.94. The van der Waals surface area contributed by atoms with Crippen molar-refractivity contribution in [1.29, 1.82) is 0 Å². The summed E-state index contributed by atoms with van der Waals surface area (Å²) in [6.07, 6.45) is 3.14. The summed E-state index contributed by atoms with van der Waals surface area (Å²) in [7, 11) is 1.59. The quantitative estimate of drug-likeness (QED) is 0.639. The van der Waals surface area contributed by atoms with Crippen LogP contribution in [0.2, 0.25) is 0 Å². The molecule has 0 radical (unpaired) electrons. The van der Waals surface area contributed by atoms with Crippen LogP contribution in [0.3, 0.4) is 0 Å². The molecule has 4 heteroatoms. The maximum atomic E-state index is 14.1. The van der Waals surface area contributed by atoms with Gasteiger partial charge >= 0.3 is 0 Å². The average molecular weight is 356 g/mol. The van der Waals surface area contributed by atoms with Crippen molar-refractivity contribution in [2.45, 2.75) is 25.2 Å². The van der Waals surface area contributed by atoms with Gasteiger partial charge in [0.2, 0.25) is 0 Å². The van der Waals surface area contributed by atoms with E-state index in [-0.39, 0.29) is 12.1 Å². The van der Waals surface area contributed by atoms with Crippen LogP contribution in [0.15, 0.2) is 61.2 Å². The molecule has 2 aromatic carbocycles. The second kappa shape index (κ2) is 9.08. The second-order valence-corrected chi connectivity index (χ2v) is 6.53. The second-order valence-electron chi connectivity index (χ2n) is 6.53. The fraction of sp³-hybridized carbons (Fsp3) is 0.364. The lowest BCUT2D eigenvalue weighted by molar-refractivity contribution is -0.205. The molecule has 0 saturated carbocycles. The van der Waals surface area contributed by atoms with Crippen molar-refractivity contribution in [3.05, 3.63) is 83.7 Å². The largest absolute Gasteiger partial charge is 0.372 e. The van der Waals surface area contributed by atoms with Gasteiger partial charge in [-0.25, -0.2) is 4.39 Å². The van der Waals surface area contributed by atoms with Gasteiger partial charge in [-0.3, -0.25) is 0 Å². The van der Waals surface area contributed by atoms with Gasteiger partial charge in [-0.15, -0.1) is 6.58 Å². The minimum Gasteiger partial charge on any atom is -0.372 e. The van der Waals surface area contributed by atoms with Gasteiger partial charge < -0.3 is 14.2 Å². The summed E-state index contributed by atoms with van der Waals surface area (Å²) in [4.78, 5) is 0. The Kier molecular flexibility index (Phi) is 6.56. The first-order valence-electron chi connectivity index (χ1n) is 8.94. The normalized spacial score (nSPS) is 21.3. The molecule has 1 aliphatic heterocycles. The summed E-state index contributed by atoms with van der Waals surface area (Å²) >= 11 is 0. The van der Waals surface area contributed by atoms with E-state index in [1.165, 1.54) is 6.07 Å². The highest BCUT2D eigenvalue weighted by Crippen LogP contribution is 2.31. The van der Waals surface area contributed by atoms with Crippen LogP contribution < -0.4 is 0 Å². The Morgan fingerprint density at radius 3 is 2.46 bits per heavy atom. The molecule has 0 bridgehead atoms. The molecule has 1 heterocycles. The Morgan fingerprint density at radius 1 is 1.15 bits per heavy atom. The molecule has 2 aromatic rings. The summed E-state index contributed by atoms with van der Waals surface area (Å²) in [5, 5.41) is 0. The highest BCUT2D eigenvalue weighted by molar-refractivity contribution is 5.33. The number of halogens is 1. The van der Waals surface area contributed by atoms with Gasteiger partial charge in [0.05, 0.1) is 13.2 Å².